The van der Waals surface area contributed by atoms with Crippen LogP contribution in [0.15, 0.2) is 0 Å². The maximum atomic E-state index is 12.3. The summed E-state index contributed by atoms with van der Waals surface area (Å²) < 4.78 is 26.2. The number of aromatic nitrogens is 2. The van der Waals surface area contributed by atoms with E-state index in [1.165, 1.54) is 0 Å². The van der Waals surface area contributed by atoms with Crippen LogP contribution in [0.1, 0.15) is 50.6 Å². The van der Waals surface area contributed by atoms with Crippen LogP contribution in [-0.2, 0) is 23.0 Å². The third-order valence-electron chi connectivity index (χ3n) is 3.41. The zero-order chi connectivity index (χ0) is 14.2. The van der Waals surface area contributed by atoms with Crippen molar-refractivity contribution >= 4 is 10.0 Å². The van der Waals surface area contributed by atoms with Crippen LogP contribution in [0.4, 0.5) is 0 Å². The van der Waals surface area contributed by atoms with Crippen LogP contribution in [0.2, 0.25) is 0 Å². The van der Waals surface area contributed by atoms with E-state index in [9.17, 15) is 8.42 Å². The first-order valence-electron chi connectivity index (χ1n) is 6.85. The zero-order valence-electron chi connectivity index (χ0n) is 12.1. The summed E-state index contributed by atoms with van der Waals surface area (Å²) in [7, 11) is -3.15. The Morgan fingerprint density at radius 3 is 2.58 bits per heavy atom. The Bertz CT molecular complexity index is 546. The molecule has 0 unspecified atom stereocenters. The summed E-state index contributed by atoms with van der Waals surface area (Å²) in [5.74, 6) is 0.685. The molecule has 5 nitrogen and oxygen atoms in total. The molecule has 0 spiro atoms. The smallest absolute Gasteiger partial charge is 0.214 e. The molecule has 1 aromatic rings. The summed E-state index contributed by atoms with van der Waals surface area (Å²) >= 11 is 0. The van der Waals surface area contributed by atoms with Gasteiger partial charge in [0.1, 0.15) is 0 Å². The molecule has 2 rings (SSSR count). The molecule has 2 heterocycles. The predicted octanol–water partition coefficient (Wildman–Crippen LogP) is 1.88. The SMILES string of the molecule is CC(C)CS(=O)(=O)N1CCc2[nH]nc(C(C)C)c2C1. The Hall–Kier alpha value is -0.880. The van der Waals surface area contributed by atoms with Gasteiger partial charge in [-0.05, 0) is 11.8 Å². The highest BCUT2D eigenvalue weighted by atomic mass is 32.2. The van der Waals surface area contributed by atoms with Gasteiger partial charge in [0.2, 0.25) is 10.0 Å². The van der Waals surface area contributed by atoms with Crippen molar-refractivity contribution in [1.82, 2.24) is 14.5 Å². The molecule has 0 saturated heterocycles. The maximum absolute atomic E-state index is 12.3. The van der Waals surface area contributed by atoms with E-state index in [0.29, 0.717) is 19.0 Å². The van der Waals surface area contributed by atoms with Crippen molar-refractivity contribution in [2.24, 2.45) is 5.92 Å². The average Bonchev–Trinajstić information content (AvgIpc) is 2.69. The molecule has 1 aliphatic rings. The highest BCUT2D eigenvalue weighted by molar-refractivity contribution is 7.89. The molecule has 0 fully saturated rings. The van der Waals surface area contributed by atoms with Crippen LogP contribution in [-0.4, -0.2) is 35.2 Å². The third kappa shape index (κ3) is 3.00. The molecule has 0 saturated carbocycles. The Balaban J connectivity index is 2.24. The number of H-pyrrole nitrogens is 1. The van der Waals surface area contributed by atoms with Crippen molar-refractivity contribution in [1.29, 1.82) is 0 Å². The Morgan fingerprint density at radius 2 is 2.00 bits per heavy atom. The molecular formula is C13H23N3O2S. The van der Waals surface area contributed by atoms with Crippen LogP contribution in [0, 0.1) is 5.92 Å². The zero-order valence-corrected chi connectivity index (χ0v) is 12.9. The summed E-state index contributed by atoms with van der Waals surface area (Å²) in [6.07, 6.45) is 0.729. The lowest BCUT2D eigenvalue weighted by atomic mass is 10.0. The Labute approximate surface area is 115 Å². The van der Waals surface area contributed by atoms with Gasteiger partial charge in [-0.2, -0.15) is 9.40 Å². The highest BCUT2D eigenvalue weighted by Gasteiger charge is 2.30. The Morgan fingerprint density at radius 1 is 1.32 bits per heavy atom. The average molecular weight is 285 g/mol. The topological polar surface area (TPSA) is 66.1 Å². The van der Waals surface area contributed by atoms with E-state index in [-0.39, 0.29) is 11.7 Å². The van der Waals surface area contributed by atoms with Crippen LogP contribution in [0.25, 0.3) is 0 Å². The van der Waals surface area contributed by atoms with E-state index >= 15 is 0 Å². The van der Waals surface area contributed by atoms with Crippen molar-refractivity contribution < 1.29 is 8.42 Å². The van der Waals surface area contributed by atoms with Crippen LogP contribution < -0.4 is 0 Å². The second-order valence-corrected chi connectivity index (χ2v) is 7.99. The van der Waals surface area contributed by atoms with Gasteiger partial charge in [-0.3, -0.25) is 5.10 Å². The molecule has 1 N–H and O–H groups in total. The number of nitrogens with zero attached hydrogens (tertiary/aromatic N) is 2. The summed E-state index contributed by atoms with van der Waals surface area (Å²) in [6, 6.07) is 0. The standard InChI is InChI=1S/C13H23N3O2S/c1-9(2)8-19(17,18)16-6-5-12-11(7-16)13(10(3)4)15-14-12/h9-10H,5-8H2,1-4H3,(H,14,15). The Kier molecular flexibility index (Phi) is 4.01. The number of aromatic amines is 1. The number of sulfonamides is 1. The van der Waals surface area contributed by atoms with Gasteiger partial charge >= 0.3 is 0 Å². The normalized spacial score (nSPS) is 17.2. The molecule has 108 valence electrons. The van der Waals surface area contributed by atoms with Gasteiger partial charge < -0.3 is 0 Å². The predicted molar refractivity (Wildman–Crippen MR) is 75.4 cm³/mol. The minimum Gasteiger partial charge on any atom is -0.282 e. The van der Waals surface area contributed by atoms with Gasteiger partial charge in [0.15, 0.2) is 0 Å². The lowest BCUT2D eigenvalue weighted by Gasteiger charge is -2.27. The fraction of sp³-hybridized carbons (Fsp3) is 0.769. The van der Waals surface area contributed by atoms with Gasteiger partial charge in [0.05, 0.1) is 11.4 Å². The lowest BCUT2D eigenvalue weighted by Crippen LogP contribution is -2.38. The van der Waals surface area contributed by atoms with Crippen molar-refractivity contribution in [2.45, 2.75) is 46.6 Å². The molecule has 0 aromatic carbocycles. The fourth-order valence-electron chi connectivity index (χ4n) is 2.53. The minimum absolute atomic E-state index is 0.153. The highest BCUT2D eigenvalue weighted by Crippen LogP contribution is 2.27. The molecular weight excluding hydrogens is 262 g/mol. The van der Waals surface area contributed by atoms with Gasteiger partial charge in [0, 0.05) is 30.8 Å². The minimum atomic E-state index is -3.15. The summed E-state index contributed by atoms with van der Waals surface area (Å²) in [4.78, 5) is 0. The third-order valence-corrected chi connectivity index (χ3v) is 5.60. The first kappa shape index (κ1) is 14.5. The largest absolute Gasteiger partial charge is 0.282 e. The molecule has 0 bridgehead atoms. The second kappa shape index (κ2) is 5.25. The summed E-state index contributed by atoms with van der Waals surface area (Å²) in [5.41, 5.74) is 3.17. The van der Waals surface area contributed by atoms with E-state index in [0.717, 1.165) is 23.4 Å². The molecule has 0 radical (unpaired) electrons. The van der Waals surface area contributed by atoms with Gasteiger partial charge in [-0.25, -0.2) is 8.42 Å². The number of hydrogen-bond donors (Lipinski definition) is 1. The maximum Gasteiger partial charge on any atom is 0.214 e. The summed E-state index contributed by atoms with van der Waals surface area (Å²) in [6.45, 7) is 9.06. The molecule has 0 atom stereocenters. The van der Waals surface area contributed by atoms with E-state index < -0.39 is 10.0 Å². The van der Waals surface area contributed by atoms with Crippen LogP contribution in [0.5, 0.6) is 0 Å². The number of hydrogen-bond acceptors (Lipinski definition) is 3. The van der Waals surface area contributed by atoms with Gasteiger partial charge in [0.25, 0.3) is 0 Å². The number of rotatable bonds is 4. The molecule has 1 aromatic heterocycles. The van der Waals surface area contributed by atoms with Crippen LogP contribution >= 0.6 is 0 Å². The lowest BCUT2D eigenvalue weighted by molar-refractivity contribution is 0.385. The quantitative estimate of drug-likeness (QED) is 0.918. The molecule has 6 heteroatoms. The molecule has 19 heavy (non-hydrogen) atoms. The van der Waals surface area contributed by atoms with Crippen molar-refractivity contribution in [3.8, 4) is 0 Å². The molecule has 0 aliphatic carbocycles. The van der Waals surface area contributed by atoms with Crippen molar-refractivity contribution in [3.05, 3.63) is 17.0 Å². The molecule has 1 aliphatic heterocycles. The van der Waals surface area contributed by atoms with E-state index in [4.69, 9.17) is 0 Å². The van der Waals surface area contributed by atoms with Gasteiger partial charge in [-0.15, -0.1) is 0 Å². The van der Waals surface area contributed by atoms with E-state index in [1.807, 2.05) is 13.8 Å². The van der Waals surface area contributed by atoms with Crippen molar-refractivity contribution in [2.75, 3.05) is 12.3 Å². The first-order chi connectivity index (χ1) is 8.81. The van der Waals surface area contributed by atoms with E-state index in [2.05, 4.69) is 24.0 Å². The first-order valence-corrected chi connectivity index (χ1v) is 8.46. The molecule has 0 amide bonds. The van der Waals surface area contributed by atoms with Gasteiger partial charge in [-0.1, -0.05) is 27.7 Å². The van der Waals surface area contributed by atoms with E-state index in [1.54, 1.807) is 4.31 Å². The summed E-state index contributed by atoms with van der Waals surface area (Å²) in [5, 5.41) is 7.38. The van der Waals surface area contributed by atoms with Crippen molar-refractivity contribution in [3.63, 3.8) is 0 Å². The fourth-order valence-corrected chi connectivity index (χ4v) is 4.28. The second-order valence-electron chi connectivity index (χ2n) is 5.98. The van der Waals surface area contributed by atoms with Crippen LogP contribution in [0.3, 0.4) is 0 Å². The monoisotopic (exact) mass is 285 g/mol. The number of fused-ring (bicyclic) bond motifs is 1. The number of nitrogens with one attached hydrogen (secondary N) is 1.